The Kier molecular flexibility index (Phi) is 2.19. The fourth-order valence-corrected chi connectivity index (χ4v) is 3.05. The van der Waals surface area contributed by atoms with Gasteiger partial charge in [0.05, 0.1) is 0 Å². The van der Waals surface area contributed by atoms with E-state index in [1.54, 1.807) is 0 Å². The van der Waals surface area contributed by atoms with Crippen molar-refractivity contribution in [2.24, 2.45) is 0 Å². The van der Waals surface area contributed by atoms with Crippen molar-refractivity contribution < 1.29 is 0 Å². The quantitative estimate of drug-likeness (QED) is 0.572. The summed E-state index contributed by atoms with van der Waals surface area (Å²) in [4.78, 5) is 2.66. The lowest BCUT2D eigenvalue weighted by Gasteiger charge is -2.21. The average Bonchev–Trinajstić information content (AvgIpc) is 2.59. The van der Waals surface area contributed by atoms with Gasteiger partial charge in [0, 0.05) is 24.2 Å². The van der Waals surface area contributed by atoms with Gasteiger partial charge in [0.15, 0.2) is 0 Å². The van der Waals surface area contributed by atoms with E-state index >= 15 is 0 Å². The molecule has 0 bridgehead atoms. The largest absolute Gasteiger partial charge is 0.290 e. The van der Waals surface area contributed by atoms with E-state index in [9.17, 15) is 0 Å². The first-order valence-electron chi connectivity index (χ1n) is 4.28. The standard InChI is InChI=1S/C8H15NS/c1-2-4-8(3-1)9-5-6-10-7-9/h8H,1-7H2. The molecule has 0 spiro atoms. The van der Waals surface area contributed by atoms with E-state index in [0.29, 0.717) is 0 Å². The second kappa shape index (κ2) is 3.14. The smallest absolute Gasteiger partial charge is 0.0448 e. The summed E-state index contributed by atoms with van der Waals surface area (Å²) in [7, 11) is 0. The summed E-state index contributed by atoms with van der Waals surface area (Å²) in [5.74, 6) is 2.68. The third kappa shape index (κ3) is 1.32. The molecule has 1 saturated heterocycles. The molecule has 2 aliphatic rings. The molecular formula is C8H15NS. The molecule has 2 fully saturated rings. The summed E-state index contributed by atoms with van der Waals surface area (Å²) in [6, 6.07) is 0.968. The number of rotatable bonds is 1. The van der Waals surface area contributed by atoms with E-state index in [-0.39, 0.29) is 0 Å². The predicted molar refractivity (Wildman–Crippen MR) is 46.3 cm³/mol. The molecule has 0 aromatic heterocycles. The van der Waals surface area contributed by atoms with E-state index in [1.807, 2.05) is 0 Å². The van der Waals surface area contributed by atoms with Crippen molar-refractivity contribution in [3.8, 4) is 0 Å². The van der Waals surface area contributed by atoms with Gasteiger partial charge in [0.2, 0.25) is 0 Å². The molecule has 1 aliphatic heterocycles. The molecule has 0 atom stereocenters. The maximum absolute atomic E-state index is 2.66. The summed E-state index contributed by atoms with van der Waals surface area (Å²) < 4.78 is 0. The molecule has 0 radical (unpaired) electrons. The van der Waals surface area contributed by atoms with E-state index in [4.69, 9.17) is 0 Å². The van der Waals surface area contributed by atoms with Gasteiger partial charge >= 0.3 is 0 Å². The van der Waals surface area contributed by atoms with Crippen LogP contribution in [0.5, 0.6) is 0 Å². The summed E-state index contributed by atoms with van der Waals surface area (Å²) in [5, 5.41) is 0. The van der Waals surface area contributed by atoms with Gasteiger partial charge in [-0.15, -0.1) is 11.8 Å². The maximum Gasteiger partial charge on any atom is 0.0448 e. The second-order valence-corrected chi connectivity index (χ2v) is 4.36. The zero-order chi connectivity index (χ0) is 6.81. The van der Waals surface area contributed by atoms with Gasteiger partial charge in [-0.1, -0.05) is 12.8 Å². The first-order valence-corrected chi connectivity index (χ1v) is 5.44. The molecule has 0 aromatic rings. The van der Waals surface area contributed by atoms with Crippen LogP contribution in [-0.2, 0) is 0 Å². The lowest BCUT2D eigenvalue weighted by atomic mass is 10.2. The monoisotopic (exact) mass is 157 g/mol. The SMILES string of the molecule is C1CCC(N2CCSC2)C1. The van der Waals surface area contributed by atoms with Gasteiger partial charge in [0.25, 0.3) is 0 Å². The minimum Gasteiger partial charge on any atom is -0.290 e. The van der Waals surface area contributed by atoms with Crippen LogP contribution in [0.2, 0.25) is 0 Å². The van der Waals surface area contributed by atoms with Gasteiger partial charge in [-0.3, -0.25) is 4.90 Å². The van der Waals surface area contributed by atoms with Crippen molar-refractivity contribution in [1.29, 1.82) is 0 Å². The van der Waals surface area contributed by atoms with Crippen molar-refractivity contribution >= 4 is 11.8 Å². The van der Waals surface area contributed by atoms with Crippen LogP contribution in [0.3, 0.4) is 0 Å². The minimum absolute atomic E-state index is 0.968. The molecule has 10 heavy (non-hydrogen) atoms. The minimum atomic E-state index is 0.968. The first-order chi connectivity index (χ1) is 4.97. The molecule has 58 valence electrons. The topological polar surface area (TPSA) is 3.24 Å². The van der Waals surface area contributed by atoms with Gasteiger partial charge in [0.1, 0.15) is 0 Å². The maximum atomic E-state index is 2.66. The molecule has 1 saturated carbocycles. The lowest BCUT2D eigenvalue weighted by Crippen LogP contribution is -2.29. The second-order valence-electron chi connectivity index (χ2n) is 3.29. The van der Waals surface area contributed by atoms with Gasteiger partial charge in [-0.2, -0.15) is 0 Å². The van der Waals surface area contributed by atoms with Gasteiger partial charge in [-0.05, 0) is 12.8 Å². The Hall–Kier alpha value is 0.310. The highest BCUT2D eigenvalue weighted by Crippen LogP contribution is 2.27. The van der Waals surface area contributed by atoms with E-state index in [1.165, 1.54) is 43.9 Å². The van der Waals surface area contributed by atoms with Crippen LogP contribution in [0, 0.1) is 0 Å². The van der Waals surface area contributed by atoms with Crippen LogP contribution in [0.25, 0.3) is 0 Å². The third-order valence-corrected chi connectivity index (χ3v) is 3.61. The van der Waals surface area contributed by atoms with Crippen molar-refractivity contribution in [1.82, 2.24) is 4.90 Å². The molecule has 0 N–H and O–H groups in total. The van der Waals surface area contributed by atoms with E-state index < -0.39 is 0 Å². The molecule has 1 nitrogen and oxygen atoms in total. The number of hydrogen-bond donors (Lipinski definition) is 0. The van der Waals surface area contributed by atoms with Gasteiger partial charge in [-0.25, -0.2) is 0 Å². The van der Waals surface area contributed by atoms with Crippen molar-refractivity contribution in [3.63, 3.8) is 0 Å². The fourth-order valence-electron chi connectivity index (χ4n) is 1.99. The lowest BCUT2D eigenvalue weighted by molar-refractivity contribution is 0.260. The highest BCUT2D eigenvalue weighted by Gasteiger charge is 2.24. The van der Waals surface area contributed by atoms with Gasteiger partial charge < -0.3 is 0 Å². The highest BCUT2D eigenvalue weighted by atomic mass is 32.2. The molecule has 0 amide bonds. The molecule has 0 unspecified atom stereocenters. The Morgan fingerprint density at radius 1 is 1.20 bits per heavy atom. The van der Waals surface area contributed by atoms with Crippen LogP contribution in [-0.4, -0.2) is 29.1 Å². The molecular weight excluding hydrogens is 142 g/mol. The Morgan fingerprint density at radius 3 is 2.60 bits per heavy atom. The molecule has 1 aliphatic carbocycles. The van der Waals surface area contributed by atoms with Crippen LogP contribution in [0.4, 0.5) is 0 Å². The molecule has 2 heteroatoms. The van der Waals surface area contributed by atoms with E-state index in [2.05, 4.69) is 16.7 Å². The zero-order valence-electron chi connectivity index (χ0n) is 6.38. The van der Waals surface area contributed by atoms with Crippen molar-refractivity contribution in [3.05, 3.63) is 0 Å². The summed E-state index contributed by atoms with van der Waals surface area (Å²) in [6.45, 7) is 1.36. The predicted octanol–water partition coefficient (Wildman–Crippen LogP) is 1.94. The number of hydrogen-bond acceptors (Lipinski definition) is 2. The highest BCUT2D eigenvalue weighted by molar-refractivity contribution is 7.99. The Labute approximate surface area is 67.2 Å². The molecule has 2 rings (SSSR count). The van der Waals surface area contributed by atoms with Crippen LogP contribution >= 0.6 is 11.8 Å². The summed E-state index contributed by atoms with van der Waals surface area (Å²) >= 11 is 2.09. The molecule has 0 aromatic carbocycles. The summed E-state index contributed by atoms with van der Waals surface area (Å²) in [5.41, 5.74) is 0. The van der Waals surface area contributed by atoms with Crippen LogP contribution in [0.15, 0.2) is 0 Å². The van der Waals surface area contributed by atoms with E-state index in [0.717, 1.165) is 6.04 Å². The number of thioether (sulfide) groups is 1. The normalized spacial score (nSPS) is 30.0. The first kappa shape index (κ1) is 6.99. The van der Waals surface area contributed by atoms with Crippen molar-refractivity contribution in [2.75, 3.05) is 18.2 Å². The molecule has 1 heterocycles. The fraction of sp³-hybridized carbons (Fsp3) is 1.00. The summed E-state index contributed by atoms with van der Waals surface area (Å²) in [6.07, 6.45) is 5.90. The zero-order valence-corrected chi connectivity index (χ0v) is 7.20. The average molecular weight is 157 g/mol. The Balaban J connectivity index is 1.85. The van der Waals surface area contributed by atoms with Crippen LogP contribution in [0.1, 0.15) is 25.7 Å². The van der Waals surface area contributed by atoms with Crippen LogP contribution < -0.4 is 0 Å². The Morgan fingerprint density at radius 2 is 2.00 bits per heavy atom. The third-order valence-electron chi connectivity index (χ3n) is 2.62. The number of nitrogens with zero attached hydrogens (tertiary/aromatic N) is 1. The Bertz CT molecular complexity index is 89.8. The van der Waals surface area contributed by atoms with Crippen molar-refractivity contribution in [2.45, 2.75) is 31.7 Å².